The van der Waals surface area contributed by atoms with Crippen molar-refractivity contribution in [2.45, 2.75) is 25.3 Å². The van der Waals surface area contributed by atoms with Crippen LogP contribution in [0.5, 0.6) is 0 Å². The van der Waals surface area contributed by atoms with Gasteiger partial charge in [-0.3, -0.25) is 10.1 Å². The van der Waals surface area contributed by atoms with E-state index in [0.717, 1.165) is 0 Å². The minimum atomic E-state index is -0.826. The lowest BCUT2D eigenvalue weighted by Crippen LogP contribution is -2.48. The number of methoxy groups -OCH3 is 1. The first-order valence-corrected chi connectivity index (χ1v) is 4.65. The molecule has 0 aliphatic carbocycles. The van der Waals surface area contributed by atoms with Crippen molar-refractivity contribution in [2.75, 3.05) is 7.11 Å². The fourth-order valence-corrected chi connectivity index (χ4v) is 0.734. The van der Waals surface area contributed by atoms with E-state index in [9.17, 15) is 14.4 Å². The van der Waals surface area contributed by atoms with Crippen molar-refractivity contribution in [1.29, 1.82) is 0 Å². The number of imide groups is 1. The first kappa shape index (κ1) is 13.7. The Balaban J connectivity index is 4.04. The highest BCUT2D eigenvalue weighted by atomic mass is 35.5. The van der Waals surface area contributed by atoms with Crippen molar-refractivity contribution >= 4 is 29.5 Å². The maximum absolute atomic E-state index is 11.1. The number of amides is 3. The molecule has 0 aliphatic rings. The lowest BCUT2D eigenvalue weighted by molar-refractivity contribution is -0.142. The molecule has 3 amide bonds. The van der Waals surface area contributed by atoms with Crippen LogP contribution >= 0.6 is 11.6 Å². The largest absolute Gasteiger partial charge is 0.467 e. The first-order valence-electron chi connectivity index (χ1n) is 4.21. The number of halogens is 1. The molecule has 7 heteroatoms. The van der Waals surface area contributed by atoms with E-state index in [1.54, 1.807) is 0 Å². The number of urea groups is 1. The number of carbonyl (C=O) groups excluding carboxylic acids is 3. The summed E-state index contributed by atoms with van der Waals surface area (Å²) in [6.07, 6.45) is 0. The molecule has 0 aromatic heterocycles. The number of esters is 1. The van der Waals surface area contributed by atoms with Gasteiger partial charge in [0.25, 0.3) is 0 Å². The Bertz CT molecular complexity index is 267. The number of rotatable bonds is 3. The van der Waals surface area contributed by atoms with Gasteiger partial charge in [-0.2, -0.15) is 0 Å². The van der Waals surface area contributed by atoms with Crippen LogP contribution in [-0.4, -0.2) is 36.4 Å². The zero-order valence-electron chi connectivity index (χ0n) is 8.67. The van der Waals surface area contributed by atoms with Gasteiger partial charge in [0.15, 0.2) is 0 Å². The third kappa shape index (κ3) is 5.21. The van der Waals surface area contributed by atoms with Crippen LogP contribution in [0.4, 0.5) is 4.79 Å². The van der Waals surface area contributed by atoms with E-state index in [2.05, 4.69) is 10.1 Å². The molecule has 86 valence electrons. The summed E-state index contributed by atoms with van der Waals surface area (Å²) >= 11 is 5.42. The van der Waals surface area contributed by atoms with Gasteiger partial charge in [-0.1, -0.05) is 0 Å². The summed E-state index contributed by atoms with van der Waals surface area (Å²) < 4.78 is 4.37. The second-order valence-electron chi connectivity index (χ2n) is 2.82. The molecule has 0 radical (unpaired) electrons. The molecule has 2 atom stereocenters. The molecule has 0 bridgehead atoms. The quantitative estimate of drug-likeness (QED) is 0.534. The van der Waals surface area contributed by atoms with Crippen molar-refractivity contribution in [1.82, 2.24) is 10.6 Å². The van der Waals surface area contributed by atoms with Crippen molar-refractivity contribution in [2.24, 2.45) is 0 Å². The van der Waals surface area contributed by atoms with Crippen molar-refractivity contribution in [3.05, 3.63) is 0 Å². The Morgan fingerprint density at radius 1 is 1.27 bits per heavy atom. The van der Waals surface area contributed by atoms with Gasteiger partial charge in [0.1, 0.15) is 11.4 Å². The molecule has 0 heterocycles. The summed E-state index contributed by atoms with van der Waals surface area (Å²) in [6, 6.07) is -1.61. The van der Waals surface area contributed by atoms with Gasteiger partial charge in [0, 0.05) is 0 Å². The fraction of sp³-hybridized carbons (Fsp3) is 0.625. The predicted octanol–water partition coefficient (Wildman–Crippen LogP) is 0.001000. The first-order chi connectivity index (χ1) is 6.88. The minimum absolute atomic E-state index is 0.600. The summed E-state index contributed by atoms with van der Waals surface area (Å²) in [7, 11) is 1.20. The summed E-state index contributed by atoms with van der Waals surface area (Å²) in [4.78, 5) is 32.9. The van der Waals surface area contributed by atoms with Crippen LogP contribution in [0.2, 0.25) is 0 Å². The van der Waals surface area contributed by atoms with Gasteiger partial charge >= 0.3 is 12.0 Å². The van der Waals surface area contributed by atoms with Gasteiger partial charge in [-0.05, 0) is 13.8 Å². The van der Waals surface area contributed by atoms with Crippen LogP contribution in [0.3, 0.4) is 0 Å². The van der Waals surface area contributed by atoms with Crippen LogP contribution in [0.15, 0.2) is 0 Å². The number of hydrogen-bond donors (Lipinski definition) is 2. The Hall–Kier alpha value is -1.30. The van der Waals surface area contributed by atoms with E-state index >= 15 is 0 Å². The third-order valence-electron chi connectivity index (χ3n) is 1.50. The maximum Gasteiger partial charge on any atom is 0.328 e. The van der Waals surface area contributed by atoms with E-state index in [4.69, 9.17) is 11.6 Å². The molecule has 0 saturated heterocycles. The molecule has 0 saturated carbocycles. The molecule has 0 aromatic carbocycles. The number of hydrogen-bond acceptors (Lipinski definition) is 4. The number of carbonyl (C=O) groups is 3. The highest BCUT2D eigenvalue weighted by Gasteiger charge is 2.18. The standard InChI is InChI=1S/C8H13ClN2O4/c1-4(9)6(12)11-8(14)10-5(2)7(13)15-3/h4-5H,1-3H3,(H2,10,11,12,14). The van der Waals surface area contributed by atoms with Crippen molar-refractivity contribution < 1.29 is 19.1 Å². The van der Waals surface area contributed by atoms with E-state index in [0.29, 0.717) is 0 Å². The van der Waals surface area contributed by atoms with E-state index in [1.807, 2.05) is 5.32 Å². The minimum Gasteiger partial charge on any atom is -0.467 e. The zero-order valence-corrected chi connectivity index (χ0v) is 9.42. The number of alkyl halides is 1. The second-order valence-corrected chi connectivity index (χ2v) is 3.48. The summed E-state index contributed by atoms with van der Waals surface area (Å²) in [6.45, 7) is 2.86. The zero-order chi connectivity index (χ0) is 12.0. The molecule has 2 unspecified atom stereocenters. The molecule has 2 N–H and O–H groups in total. The Morgan fingerprint density at radius 3 is 2.20 bits per heavy atom. The molecule has 0 aromatic rings. The van der Waals surface area contributed by atoms with Gasteiger partial charge in [0.05, 0.1) is 7.11 Å². The van der Waals surface area contributed by atoms with Gasteiger partial charge in [0.2, 0.25) is 5.91 Å². The van der Waals surface area contributed by atoms with E-state index < -0.39 is 29.3 Å². The average molecular weight is 237 g/mol. The summed E-state index contributed by atoms with van der Waals surface area (Å²) in [5.74, 6) is -1.23. The Morgan fingerprint density at radius 2 is 1.80 bits per heavy atom. The second kappa shape index (κ2) is 6.23. The van der Waals surface area contributed by atoms with Crippen LogP contribution in [0, 0.1) is 0 Å². The average Bonchev–Trinajstić information content (AvgIpc) is 2.15. The molecule has 0 fully saturated rings. The molecule has 0 aliphatic heterocycles. The van der Waals surface area contributed by atoms with Crippen LogP contribution in [-0.2, 0) is 14.3 Å². The predicted molar refractivity (Wildman–Crippen MR) is 53.5 cm³/mol. The maximum atomic E-state index is 11.1. The topological polar surface area (TPSA) is 84.5 Å². The van der Waals surface area contributed by atoms with Crippen molar-refractivity contribution in [3.8, 4) is 0 Å². The van der Waals surface area contributed by atoms with Crippen LogP contribution < -0.4 is 10.6 Å². The molecule has 15 heavy (non-hydrogen) atoms. The Kier molecular flexibility index (Phi) is 5.69. The summed E-state index contributed by atoms with van der Waals surface area (Å²) in [5.41, 5.74) is 0. The SMILES string of the molecule is COC(=O)C(C)NC(=O)NC(=O)C(C)Cl. The summed E-state index contributed by atoms with van der Waals surface area (Å²) in [5, 5.41) is 3.36. The molecular formula is C8H13ClN2O4. The van der Waals surface area contributed by atoms with Gasteiger partial charge < -0.3 is 10.1 Å². The lowest BCUT2D eigenvalue weighted by atomic mass is 10.3. The van der Waals surface area contributed by atoms with Gasteiger partial charge in [-0.15, -0.1) is 11.6 Å². The smallest absolute Gasteiger partial charge is 0.328 e. The van der Waals surface area contributed by atoms with Gasteiger partial charge in [-0.25, -0.2) is 9.59 Å². The van der Waals surface area contributed by atoms with Crippen molar-refractivity contribution in [3.63, 3.8) is 0 Å². The number of nitrogens with one attached hydrogen (secondary N) is 2. The van der Waals surface area contributed by atoms with Crippen LogP contribution in [0.1, 0.15) is 13.8 Å². The molecule has 0 spiro atoms. The molecule has 0 rings (SSSR count). The number of ether oxygens (including phenoxy) is 1. The highest BCUT2D eigenvalue weighted by molar-refractivity contribution is 6.31. The Labute approximate surface area is 92.3 Å². The molecular weight excluding hydrogens is 224 g/mol. The fourth-order valence-electron chi connectivity index (χ4n) is 0.680. The van der Waals surface area contributed by atoms with E-state index in [-0.39, 0.29) is 0 Å². The lowest BCUT2D eigenvalue weighted by Gasteiger charge is -2.12. The molecule has 6 nitrogen and oxygen atoms in total. The normalized spacial score (nSPS) is 13.6. The third-order valence-corrected chi connectivity index (χ3v) is 1.70. The van der Waals surface area contributed by atoms with Crippen LogP contribution in [0.25, 0.3) is 0 Å². The highest BCUT2D eigenvalue weighted by Crippen LogP contribution is 1.92. The monoisotopic (exact) mass is 236 g/mol. The van der Waals surface area contributed by atoms with E-state index in [1.165, 1.54) is 21.0 Å².